The van der Waals surface area contributed by atoms with E-state index in [4.69, 9.17) is 4.55 Å². The molecule has 1 fully saturated rings. The molecule has 0 aliphatic heterocycles. The minimum Gasteiger partial charge on any atom is -0.282 e. The van der Waals surface area contributed by atoms with Crippen molar-refractivity contribution in [1.82, 2.24) is 0 Å². The van der Waals surface area contributed by atoms with Gasteiger partial charge in [0.2, 0.25) is 0 Å². The fourth-order valence-electron chi connectivity index (χ4n) is 2.46. The molecule has 16 heavy (non-hydrogen) atoms. The van der Waals surface area contributed by atoms with E-state index in [0.717, 1.165) is 24.0 Å². The molecular weight excluding hydrogens is 224 g/mol. The molecule has 1 aromatic rings. The molecule has 0 bridgehead atoms. The monoisotopic (exact) mass is 240 g/mol. The Bertz CT molecular complexity index is 485. The van der Waals surface area contributed by atoms with Gasteiger partial charge < -0.3 is 0 Å². The number of hydrogen-bond donors (Lipinski definition) is 1. The van der Waals surface area contributed by atoms with Crippen LogP contribution in [0.5, 0.6) is 0 Å². The zero-order valence-electron chi connectivity index (χ0n) is 9.31. The lowest BCUT2D eigenvalue weighted by atomic mass is 9.94. The van der Waals surface area contributed by atoms with Crippen LogP contribution in [0.1, 0.15) is 42.7 Å². The van der Waals surface area contributed by atoms with Gasteiger partial charge in [-0.05, 0) is 48.9 Å². The maximum absolute atomic E-state index is 11.1. The van der Waals surface area contributed by atoms with Crippen LogP contribution in [0.4, 0.5) is 0 Å². The fourth-order valence-corrected chi connectivity index (χ4v) is 2.97. The predicted molar refractivity (Wildman–Crippen MR) is 62.2 cm³/mol. The highest BCUT2D eigenvalue weighted by Gasteiger charge is 2.20. The first-order valence-corrected chi connectivity index (χ1v) is 7.00. The van der Waals surface area contributed by atoms with Crippen LogP contribution in [-0.4, -0.2) is 13.0 Å². The molecule has 0 unspecified atom stereocenters. The van der Waals surface area contributed by atoms with Crippen molar-refractivity contribution in [1.29, 1.82) is 0 Å². The second kappa shape index (κ2) is 4.18. The molecule has 4 heteroatoms. The van der Waals surface area contributed by atoms with E-state index in [2.05, 4.69) is 0 Å². The average Bonchev–Trinajstić information content (AvgIpc) is 2.69. The van der Waals surface area contributed by atoms with Gasteiger partial charge in [0.1, 0.15) is 0 Å². The lowest BCUT2D eigenvalue weighted by molar-refractivity contribution is 0.483. The lowest BCUT2D eigenvalue weighted by Gasteiger charge is -2.13. The summed E-state index contributed by atoms with van der Waals surface area (Å²) in [6, 6.07) is 4.86. The molecule has 0 radical (unpaired) electrons. The Morgan fingerprint density at radius 1 is 1.25 bits per heavy atom. The van der Waals surface area contributed by atoms with Crippen molar-refractivity contribution in [2.75, 3.05) is 0 Å². The van der Waals surface area contributed by atoms with Crippen molar-refractivity contribution in [3.05, 3.63) is 29.3 Å². The van der Waals surface area contributed by atoms with Crippen molar-refractivity contribution in [2.45, 2.75) is 43.4 Å². The molecule has 0 saturated heterocycles. The standard InChI is InChI=1S/C12H16O3S/c1-9-6-7-11(16(13,14)15)8-12(9)10-4-2-3-5-10/h6-8,10H,2-5H2,1H3,(H,13,14,15). The Labute approximate surface area is 96.2 Å². The van der Waals surface area contributed by atoms with E-state index < -0.39 is 10.1 Å². The number of hydrogen-bond acceptors (Lipinski definition) is 2. The summed E-state index contributed by atoms with van der Waals surface area (Å²) in [5.74, 6) is 0.460. The fraction of sp³-hybridized carbons (Fsp3) is 0.500. The van der Waals surface area contributed by atoms with Crippen molar-refractivity contribution in [3.63, 3.8) is 0 Å². The zero-order valence-corrected chi connectivity index (χ0v) is 10.1. The van der Waals surface area contributed by atoms with E-state index in [1.54, 1.807) is 12.1 Å². The van der Waals surface area contributed by atoms with E-state index in [1.165, 1.54) is 18.9 Å². The van der Waals surface area contributed by atoms with Crippen molar-refractivity contribution >= 4 is 10.1 Å². The highest BCUT2D eigenvalue weighted by Crippen LogP contribution is 2.36. The molecule has 0 heterocycles. The molecule has 1 N–H and O–H groups in total. The van der Waals surface area contributed by atoms with E-state index in [9.17, 15) is 8.42 Å². The Morgan fingerprint density at radius 3 is 2.44 bits per heavy atom. The summed E-state index contributed by atoms with van der Waals surface area (Å²) < 4.78 is 31.2. The molecule has 2 rings (SSSR count). The molecule has 0 atom stereocenters. The number of benzene rings is 1. The summed E-state index contributed by atoms with van der Waals surface area (Å²) >= 11 is 0. The zero-order chi connectivity index (χ0) is 11.8. The van der Waals surface area contributed by atoms with Gasteiger partial charge in [-0.2, -0.15) is 8.42 Å². The third kappa shape index (κ3) is 2.28. The maximum atomic E-state index is 11.1. The number of aryl methyl sites for hydroxylation is 1. The lowest BCUT2D eigenvalue weighted by Crippen LogP contribution is -2.02. The van der Waals surface area contributed by atoms with Crippen LogP contribution in [-0.2, 0) is 10.1 Å². The van der Waals surface area contributed by atoms with Crippen LogP contribution >= 0.6 is 0 Å². The van der Waals surface area contributed by atoms with Crippen LogP contribution in [0.15, 0.2) is 23.1 Å². The summed E-state index contributed by atoms with van der Waals surface area (Å²) in [5.41, 5.74) is 2.19. The predicted octanol–water partition coefficient (Wildman–Crippen LogP) is 2.90. The summed E-state index contributed by atoms with van der Waals surface area (Å²) in [6.07, 6.45) is 4.66. The molecule has 0 spiro atoms. The van der Waals surface area contributed by atoms with Crippen LogP contribution < -0.4 is 0 Å². The van der Waals surface area contributed by atoms with Crippen molar-refractivity contribution in [2.24, 2.45) is 0 Å². The molecule has 0 amide bonds. The Hall–Kier alpha value is -0.870. The van der Waals surface area contributed by atoms with E-state index >= 15 is 0 Å². The second-order valence-corrected chi connectivity index (χ2v) is 5.90. The first-order chi connectivity index (χ1) is 7.48. The maximum Gasteiger partial charge on any atom is 0.294 e. The normalized spacial score (nSPS) is 17.9. The van der Waals surface area contributed by atoms with E-state index in [0.29, 0.717) is 5.92 Å². The first kappa shape index (κ1) is 11.6. The largest absolute Gasteiger partial charge is 0.294 e. The van der Waals surface area contributed by atoms with Gasteiger partial charge in [-0.3, -0.25) is 4.55 Å². The minimum atomic E-state index is -4.07. The molecular formula is C12H16O3S. The first-order valence-electron chi connectivity index (χ1n) is 5.56. The van der Waals surface area contributed by atoms with Gasteiger partial charge in [0.05, 0.1) is 4.90 Å². The average molecular weight is 240 g/mol. The number of rotatable bonds is 2. The molecule has 1 aliphatic rings. The summed E-state index contributed by atoms with van der Waals surface area (Å²) in [4.78, 5) is 0.0139. The summed E-state index contributed by atoms with van der Waals surface area (Å²) in [6.45, 7) is 1.99. The Kier molecular flexibility index (Phi) is 3.04. The molecule has 3 nitrogen and oxygen atoms in total. The summed E-state index contributed by atoms with van der Waals surface area (Å²) in [7, 11) is -4.07. The minimum absolute atomic E-state index is 0.0139. The van der Waals surface area contributed by atoms with Gasteiger partial charge in [0.15, 0.2) is 0 Å². The third-order valence-corrected chi connectivity index (χ3v) is 4.19. The smallest absolute Gasteiger partial charge is 0.282 e. The van der Waals surface area contributed by atoms with Gasteiger partial charge >= 0.3 is 0 Å². The van der Waals surface area contributed by atoms with Crippen LogP contribution in [0.3, 0.4) is 0 Å². The molecule has 88 valence electrons. The van der Waals surface area contributed by atoms with Gasteiger partial charge in [0, 0.05) is 0 Å². The molecule has 1 aromatic carbocycles. The van der Waals surface area contributed by atoms with E-state index in [-0.39, 0.29) is 4.90 Å². The topological polar surface area (TPSA) is 54.4 Å². The SMILES string of the molecule is Cc1ccc(S(=O)(=O)O)cc1C1CCCC1. The van der Waals surface area contributed by atoms with Gasteiger partial charge in [-0.25, -0.2) is 0 Å². The molecule has 1 saturated carbocycles. The Morgan fingerprint density at radius 2 is 1.88 bits per heavy atom. The van der Waals surface area contributed by atoms with Crippen LogP contribution in [0, 0.1) is 6.92 Å². The van der Waals surface area contributed by atoms with Crippen LogP contribution in [0.25, 0.3) is 0 Å². The van der Waals surface area contributed by atoms with Crippen LogP contribution in [0.2, 0.25) is 0 Å². The van der Waals surface area contributed by atoms with Crippen molar-refractivity contribution < 1.29 is 13.0 Å². The Balaban J connectivity index is 2.44. The van der Waals surface area contributed by atoms with Crippen molar-refractivity contribution in [3.8, 4) is 0 Å². The second-order valence-electron chi connectivity index (χ2n) is 4.47. The summed E-state index contributed by atoms with van der Waals surface area (Å²) in [5, 5.41) is 0. The highest BCUT2D eigenvalue weighted by molar-refractivity contribution is 7.85. The third-order valence-electron chi connectivity index (χ3n) is 3.34. The van der Waals surface area contributed by atoms with Gasteiger partial charge in [-0.15, -0.1) is 0 Å². The highest BCUT2D eigenvalue weighted by atomic mass is 32.2. The van der Waals surface area contributed by atoms with Gasteiger partial charge in [-0.1, -0.05) is 18.9 Å². The molecule has 1 aliphatic carbocycles. The quantitative estimate of drug-likeness (QED) is 0.809. The van der Waals surface area contributed by atoms with E-state index in [1.807, 2.05) is 6.92 Å². The molecule has 0 aromatic heterocycles. The van der Waals surface area contributed by atoms with Gasteiger partial charge in [0.25, 0.3) is 10.1 Å².